The lowest BCUT2D eigenvalue weighted by Crippen LogP contribution is -2.32. The number of nitro groups is 2. The van der Waals surface area contributed by atoms with Crippen LogP contribution in [0.3, 0.4) is 0 Å². The van der Waals surface area contributed by atoms with Crippen molar-refractivity contribution in [1.29, 1.82) is 0 Å². The fourth-order valence-corrected chi connectivity index (χ4v) is 2.86. The molecule has 9 heteroatoms. The van der Waals surface area contributed by atoms with Crippen LogP contribution in [0, 0.1) is 20.2 Å². The van der Waals surface area contributed by atoms with Crippen molar-refractivity contribution in [3.05, 3.63) is 104 Å². The SMILES string of the molecule is O=C(c1cc([N+](=O)[O-])cc([N+](=O)[O-])c1)N(CCc1ccccc1)Cc1ccco1. The summed E-state index contributed by atoms with van der Waals surface area (Å²) in [6.07, 6.45) is 2.03. The topological polar surface area (TPSA) is 120 Å². The smallest absolute Gasteiger partial charge is 0.277 e. The van der Waals surface area contributed by atoms with Gasteiger partial charge in [-0.2, -0.15) is 0 Å². The average molecular weight is 395 g/mol. The highest BCUT2D eigenvalue weighted by molar-refractivity contribution is 5.95. The van der Waals surface area contributed by atoms with Crippen LogP contribution in [0.1, 0.15) is 21.7 Å². The first-order chi connectivity index (χ1) is 13.9. The zero-order chi connectivity index (χ0) is 20.8. The highest BCUT2D eigenvalue weighted by Gasteiger charge is 2.24. The number of rotatable bonds is 8. The van der Waals surface area contributed by atoms with Gasteiger partial charge in [0.15, 0.2) is 0 Å². The first-order valence-electron chi connectivity index (χ1n) is 8.73. The van der Waals surface area contributed by atoms with Crippen molar-refractivity contribution < 1.29 is 19.1 Å². The number of nitro benzene ring substituents is 2. The molecule has 0 aliphatic carbocycles. The van der Waals surface area contributed by atoms with Gasteiger partial charge < -0.3 is 9.32 Å². The molecular weight excluding hydrogens is 378 g/mol. The molecular formula is C20H17N3O6. The molecule has 0 bridgehead atoms. The normalized spacial score (nSPS) is 10.5. The highest BCUT2D eigenvalue weighted by Crippen LogP contribution is 2.24. The minimum Gasteiger partial charge on any atom is -0.467 e. The van der Waals surface area contributed by atoms with Gasteiger partial charge in [0, 0.05) is 18.7 Å². The van der Waals surface area contributed by atoms with Gasteiger partial charge in [0.2, 0.25) is 0 Å². The molecule has 0 aliphatic heterocycles. The lowest BCUT2D eigenvalue weighted by molar-refractivity contribution is -0.394. The Morgan fingerprint density at radius 3 is 2.14 bits per heavy atom. The van der Waals surface area contributed by atoms with E-state index in [1.165, 1.54) is 11.2 Å². The molecule has 148 valence electrons. The second-order valence-corrected chi connectivity index (χ2v) is 6.29. The zero-order valence-electron chi connectivity index (χ0n) is 15.3. The molecule has 0 aliphatic rings. The van der Waals surface area contributed by atoms with Gasteiger partial charge in [-0.05, 0) is 24.1 Å². The first-order valence-corrected chi connectivity index (χ1v) is 8.73. The van der Waals surface area contributed by atoms with Gasteiger partial charge in [-0.15, -0.1) is 0 Å². The Morgan fingerprint density at radius 1 is 0.931 bits per heavy atom. The zero-order valence-corrected chi connectivity index (χ0v) is 15.3. The third kappa shape index (κ3) is 5.04. The summed E-state index contributed by atoms with van der Waals surface area (Å²) in [4.78, 5) is 35.3. The largest absolute Gasteiger partial charge is 0.467 e. The lowest BCUT2D eigenvalue weighted by atomic mass is 10.1. The highest BCUT2D eigenvalue weighted by atomic mass is 16.6. The summed E-state index contributed by atoms with van der Waals surface area (Å²) in [7, 11) is 0. The Bertz CT molecular complexity index is 986. The fourth-order valence-electron chi connectivity index (χ4n) is 2.86. The predicted molar refractivity (Wildman–Crippen MR) is 103 cm³/mol. The summed E-state index contributed by atoms with van der Waals surface area (Å²) in [6, 6.07) is 15.8. The Morgan fingerprint density at radius 2 is 1.59 bits per heavy atom. The summed E-state index contributed by atoms with van der Waals surface area (Å²) in [5.41, 5.74) is -0.132. The maximum Gasteiger partial charge on any atom is 0.277 e. The maximum absolute atomic E-state index is 13.1. The number of hydrogen-bond acceptors (Lipinski definition) is 6. The summed E-state index contributed by atoms with van der Waals surface area (Å²) >= 11 is 0. The van der Waals surface area contributed by atoms with E-state index in [-0.39, 0.29) is 12.1 Å². The molecule has 0 N–H and O–H groups in total. The quantitative estimate of drug-likeness (QED) is 0.420. The summed E-state index contributed by atoms with van der Waals surface area (Å²) in [5.74, 6) is -0.0181. The third-order valence-corrected chi connectivity index (χ3v) is 4.30. The Kier molecular flexibility index (Phi) is 5.98. The van der Waals surface area contributed by atoms with E-state index < -0.39 is 27.1 Å². The van der Waals surface area contributed by atoms with Crippen LogP contribution in [0.15, 0.2) is 71.3 Å². The van der Waals surface area contributed by atoms with E-state index in [2.05, 4.69) is 0 Å². The molecule has 3 rings (SSSR count). The number of furan rings is 1. The summed E-state index contributed by atoms with van der Waals surface area (Å²) in [6.45, 7) is 0.440. The number of carbonyl (C=O) groups is 1. The second-order valence-electron chi connectivity index (χ2n) is 6.29. The Balaban J connectivity index is 1.90. The maximum atomic E-state index is 13.1. The number of hydrogen-bond donors (Lipinski definition) is 0. The predicted octanol–water partition coefficient (Wildman–Crippen LogP) is 3.98. The standard InChI is InChI=1S/C20H17N3O6/c24-20(16-11-17(22(25)26)13-18(12-16)23(27)28)21(14-19-7-4-10-29-19)9-8-15-5-2-1-3-6-15/h1-7,10-13H,8-9,14H2. The van der Waals surface area contributed by atoms with Gasteiger partial charge in [0.25, 0.3) is 17.3 Å². The molecule has 1 aromatic heterocycles. The number of non-ortho nitro benzene ring substituents is 2. The van der Waals surface area contributed by atoms with Gasteiger partial charge in [0.1, 0.15) is 5.76 Å². The summed E-state index contributed by atoms with van der Waals surface area (Å²) < 4.78 is 5.32. The molecule has 29 heavy (non-hydrogen) atoms. The number of carbonyl (C=O) groups excluding carboxylic acids is 1. The van der Waals surface area contributed by atoms with Crippen LogP contribution in [0.2, 0.25) is 0 Å². The van der Waals surface area contributed by atoms with Crippen molar-refractivity contribution in [3.63, 3.8) is 0 Å². The van der Waals surface area contributed by atoms with Crippen molar-refractivity contribution in [3.8, 4) is 0 Å². The lowest BCUT2D eigenvalue weighted by Gasteiger charge is -2.22. The third-order valence-electron chi connectivity index (χ3n) is 4.30. The number of nitrogens with zero attached hydrogens (tertiary/aromatic N) is 3. The molecule has 0 spiro atoms. The molecule has 3 aromatic rings. The molecule has 0 radical (unpaired) electrons. The summed E-state index contributed by atoms with van der Waals surface area (Å²) in [5, 5.41) is 22.3. The van der Waals surface area contributed by atoms with Crippen LogP contribution in [0.25, 0.3) is 0 Å². The van der Waals surface area contributed by atoms with E-state index in [4.69, 9.17) is 4.42 Å². The second kappa shape index (κ2) is 8.79. The van der Waals surface area contributed by atoms with Crippen LogP contribution >= 0.6 is 0 Å². The van der Waals surface area contributed by atoms with Crippen LogP contribution in [0.4, 0.5) is 11.4 Å². The monoisotopic (exact) mass is 395 g/mol. The minimum atomic E-state index is -0.759. The fraction of sp³-hybridized carbons (Fsp3) is 0.150. The molecule has 0 unspecified atom stereocenters. The van der Waals surface area contributed by atoms with Gasteiger partial charge >= 0.3 is 0 Å². The van der Waals surface area contributed by atoms with Crippen molar-refractivity contribution in [2.45, 2.75) is 13.0 Å². The van der Waals surface area contributed by atoms with E-state index in [0.29, 0.717) is 18.7 Å². The average Bonchev–Trinajstić information content (AvgIpc) is 3.24. The van der Waals surface area contributed by atoms with E-state index in [9.17, 15) is 25.0 Å². The van der Waals surface area contributed by atoms with Gasteiger partial charge in [0.05, 0.1) is 34.3 Å². The molecule has 1 amide bonds. The van der Waals surface area contributed by atoms with Gasteiger partial charge in [-0.25, -0.2) is 0 Å². The Hall–Kier alpha value is -4.01. The van der Waals surface area contributed by atoms with E-state index >= 15 is 0 Å². The van der Waals surface area contributed by atoms with Gasteiger partial charge in [-0.1, -0.05) is 30.3 Å². The Labute approximate surface area is 165 Å². The van der Waals surface area contributed by atoms with E-state index in [1.54, 1.807) is 12.1 Å². The molecule has 9 nitrogen and oxygen atoms in total. The van der Waals surface area contributed by atoms with Crippen LogP contribution in [0.5, 0.6) is 0 Å². The molecule has 0 saturated heterocycles. The van der Waals surface area contributed by atoms with Crippen LogP contribution in [-0.4, -0.2) is 27.2 Å². The molecule has 2 aromatic carbocycles. The number of amides is 1. The van der Waals surface area contributed by atoms with E-state index in [0.717, 1.165) is 23.8 Å². The van der Waals surface area contributed by atoms with E-state index in [1.807, 2.05) is 30.3 Å². The van der Waals surface area contributed by atoms with Gasteiger partial charge in [-0.3, -0.25) is 25.0 Å². The minimum absolute atomic E-state index is 0.120. The molecule has 0 fully saturated rings. The van der Waals surface area contributed by atoms with Crippen LogP contribution in [-0.2, 0) is 13.0 Å². The van der Waals surface area contributed by atoms with Crippen molar-refractivity contribution in [1.82, 2.24) is 4.90 Å². The molecule has 0 saturated carbocycles. The van der Waals surface area contributed by atoms with Crippen LogP contribution < -0.4 is 0 Å². The van der Waals surface area contributed by atoms with Crippen molar-refractivity contribution >= 4 is 17.3 Å². The van der Waals surface area contributed by atoms with Crippen molar-refractivity contribution in [2.24, 2.45) is 0 Å². The first kappa shape index (κ1) is 19.7. The molecule has 0 atom stereocenters. The number of benzene rings is 2. The molecule has 1 heterocycles. The van der Waals surface area contributed by atoms with Crippen molar-refractivity contribution in [2.75, 3.05) is 6.54 Å².